The summed E-state index contributed by atoms with van der Waals surface area (Å²) >= 11 is 0. The fourth-order valence-corrected chi connectivity index (χ4v) is 2.12. The van der Waals surface area contributed by atoms with Gasteiger partial charge in [-0.3, -0.25) is 0 Å². The van der Waals surface area contributed by atoms with Crippen LogP contribution in [0.25, 0.3) is 17.2 Å². The van der Waals surface area contributed by atoms with E-state index >= 15 is 0 Å². The number of ether oxygens (including phenoxy) is 2. The van der Waals surface area contributed by atoms with Crippen LogP contribution in [0.4, 0.5) is 0 Å². The van der Waals surface area contributed by atoms with Crippen LogP contribution in [0.15, 0.2) is 54.6 Å². The van der Waals surface area contributed by atoms with Crippen LogP contribution in [0, 0.1) is 0 Å². The summed E-state index contributed by atoms with van der Waals surface area (Å²) in [5.41, 5.74) is 3.16. The molecule has 0 atom stereocenters. The van der Waals surface area contributed by atoms with E-state index in [-0.39, 0.29) is 5.97 Å². The molecule has 0 bridgehead atoms. The highest BCUT2D eigenvalue weighted by Gasteiger charge is 2.00. The van der Waals surface area contributed by atoms with Crippen molar-refractivity contribution in [1.29, 1.82) is 0 Å². The molecule has 0 radical (unpaired) electrons. The lowest BCUT2D eigenvalue weighted by Gasteiger charge is -2.05. The van der Waals surface area contributed by atoms with Crippen molar-refractivity contribution < 1.29 is 14.3 Å². The Bertz CT molecular complexity index is 657. The number of methoxy groups -OCH3 is 1. The van der Waals surface area contributed by atoms with E-state index in [4.69, 9.17) is 9.47 Å². The number of hydrogen-bond donors (Lipinski definition) is 0. The molecule has 0 amide bonds. The molecule has 120 valence electrons. The van der Waals surface area contributed by atoms with Crippen LogP contribution >= 0.6 is 0 Å². The van der Waals surface area contributed by atoms with Crippen molar-refractivity contribution in [3.05, 3.63) is 60.2 Å². The lowest BCUT2D eigenvalue weighted by atomic mass is 10.0. The molecule has 0 unspecified atom stereocenters. The Labute approximate surface area is 137 Å². The van der Waals surface area contributed by atoms with Crippen molar-refractivity contribution >= 4 is 12.0 Å². The van der Waals surface area contributed by atoms with Gasteiger partial charge in [0.25, 0.3) is 0 Å². The van der Waals surface area contributed by atoms with Gasteiger partial charge in [0.15, 0.2) is 0 Å². The molecule has 0 N–H and O–H groups in total. The minimum absolute atomic E-state index is 0.296. The first-order valence-electron chi connectivity index (χ1n) is 7.82. The van der Waals surface area contributed by atoms with Gasteiger partial charge in [-0.2, -0.15) is 0 Å². The van der Waals surface area contributed by atoms with Gasteiger partial charge in [0.1, 0.15) is 5.75 Å². The predicted octanol–water partition coefficient (Wildman–Crippen LogP) is 4.72. The molecule has 23 heavy (non-hydrogen) atoms. The van der Waals surface area contributed by atoms with Crippen molar-refractivity contribution in [2.75, 3.05) is 13.7 Å². The normalized spacial score (nSPS) is 10.7. The molecule has 0 aliphatic rings. The molecular weight excluding hydrogens is 288 g/mol. The lowest BCUT2D eigenvalue weighted by Crippen LogP contribution is -2.01. The number of carbonyl (C=O) groups is 1. The van der Waals surface area contributed by atoms with Gasteiger partial charge in [-0.1, -0.05) is 49.7 Å². The van der Waals surface area contributed by atoms with Gasteiger partial charge >= 0.3 is 5.97 Å². The van der Waals surface area contributed by atoms with E-state index in [1.165, 1.54) is 6.08 Å². The summed E-state index contributed by atoms with van der Waals surface area (Å²) in [4.78, 5) is 11.5. The summed E-state index contributed by atoms with van der Waals surface area (Å²) in [6.07, 6.45) is 5.15. The second-order valence-corrected chi connectivity index (χ2v) is 5.21. The topological polar surface area (TPSA) is 35.5 Å². The Morgan fingerprint density at radius 1 is 1.09 bits per heavy atom. The van der Waals surface area contributed by atoms with E-state index in [0.29, 0.717) is 6.61 Å². The smallest absolute Gasteiger partial charge is 0.330 e. The Kier molecular flexibility index (Phi) is 6.42. The maximum atomic E-state index is 11.5. The highest BCUT2D eigenvalue weighted by molar-refractivity contribution is 5.87. The number of hydrogen-bond acceptors (Lipinski definition) is 3. The van der Waals surface area contributed by atoms with Crippen LogP contribution in [-0.4, -0.2) is 19.7 Å². The van der Waals surface area contributed by atoms with Crippen LogP contribution in [-0.2, 0) is 9.53 Å². The molecule has 0 spiro atoms. The molecule has 2 aromatic rings. The van der Waals surface area contributed by atoms with Gasteiger partial charge in [0, 0.05) is 6.08 Å². The largest absolute Gasteiger partial charge is 0.497 e. The molecule has 0 aromatic heterocycles. The Hall–Kier alpha value is -2.55. The number of rotatable bonds is 7. The molecule has 0 heterocycles. The molecule has 3 nitrogen and oxygen atoms in total. The van der Waals surface area contributed by atoms with E-state index in [1.54, 1.807) is 13.2 Å². The Morgan fingerprint density at radius 2 is 1.87 bits per heavy atom. The zero-order chi connectivity index (χ0) is 16.5. The second kappa shape index (κ2) is 8.79. The van der Waals surface area contributed by atoms with Crippen molar-refractivity contribution in [2.45, 2.75) is 19.8 Å². The van der Waals surface area contributed by atoms with Crippen molar-refractivity contribution in [3.63, 3.8) is 0 Å². The van der Waals surface area contributed by atoms with Gasteiger partial charge < -0.3 is 9.47 Å². The van der Waals surface area contributed by atoms with Crippen molar-refractivity contribution in [2.24, 2.45) is 0 Å². The van der Waals surface area contributed by atoms with Crippen molar-refractivity contribution in [1.82, 2.24) is 0 Å². The first-order chi connectivity index (χ1) is 11.2. The fourth-order valence-electron chi connectivity index (χ4n) is 2.12. The third-order valence-corrected chi connectivity index (χ3v) is 3.47. The van der Waals surface area contributed by atoms with Gasteiger partial charge in [-0.15, -0.1) is 0 Å². The Morgan fingerprint density at radius 3 is 2.57 bits per heavy atom. The van der Waals surface area contributed by atoms with E-state index in [1.807, 2.05) is 48.5 Å². The minimum Gasteiger partial charge on any atom is -0.497 e. The van der Waals surface area contributed by atoms with Crippen LogP contribution in [0.2, 0.25) is 0 Å². The average Bonchev–Trinajstić information content (AvgIpc) is 2.60. The summed E-state index contributed by atoms with van der Waals surface area (Å²) in [5.74, 6) is 0.539. The SMILES string of the molecule is CCCCOC(=O)/C=C/c1ccc(-c2cccc(OC)c2)cc1. The Balaban J connectivity index is 2.00. The number of carbonyl (C=O) groups excluding carboxylic acids is 1. The third-order valence-electron chi connectivity index (χ3n) is 3.47. The summed E-state index contributed by atoms with van der Waals surface area (Å²) in [6, 6.07) is 15.9. The van der Waals surface area contributed by atoms with Gasteiger partial charge in [0.05, 0.1) is 13.7 Å². The fraction of sp³-hybridized carbons (Fsp3) is 0.250. The molecule has 0 saturated heterocycles. The first-order valence-corrected chi connectivity index (χ1v) is 7.82. The maximum Gasteiger partial charge on any atom is 0.330 e. The molecule has 3 heteroatoms. The lowest BCUT2D eigenvalue weighted by molar-refractivity contribution is -0.137. The quantitative estimate of drug-likeness (QED) is 0.422. The van der Waals surface area contributed by atoms with E-state index in [9.17, 15) is 4.79 Å². The molecule has 0 saturated carbocycles. The van der Waals surface area contributed by atoms with Crippen LogP contribution in [0.1, 0.15) is 25.3 Å². The summed E-state index contributed by atoms with van der Waals surface area (Å²) in [7, 11) is 1.66. The molecule has 2 aromatic carbocycles. The van der Waals surface area contributed by atoms with Gasteiger partial charge in [-0.05, 0) is 41.3 Å². The molecule has 2 rings (SSSR count). The van der Waals surface area contributed by atoms with Crippen molar-refractivity contribution in [3.8, 4) is 16.9 Å². The standard InChI is InChI=1S/C20H22O3/c1-3-4-14-23-20(21)13-10-16-8-11-17(12-9-16)18-6-5-7-19(15-18)22-2/h5-13,15H,3-4,14H2,1-2H3/b13-10+. The van der Waals surface area contributed by atoms with Gasteiger partial charge in [0.2, 0.25) is 0 Å². The predicted molar refractivity (Wildman–Crippen MR) is 93.3 cm³/mol. The summed E-state index contributed by atoms with van der Waals surface area (Å²) < 4.78 is 10.3. The number of unbranched alkanes of at least 4 members (excludes halogenated alkanes) is 1. The molecule has 0 aliphatic heterocycles. The minimum atomic E-state index is -0.296. The van der Waals surface area contributed by atoms with E-state index in [0.717, 1.165) is 35.3 Å². The third kappa shape index (κ3) is 5.29. The molecule has 0 fully saturated rings. The van der Waals surface area contributed by atoms with E-state index in [2.05, 4.69) is 6.92 Å². The maximum absolute atomic E-state index is 11.5. The van der Waals surface area contributed by atoms with E-state index < -0.39 is 0 Å². The zero-order valence-electron chi connectivity index (χ0n) is 13.6. The second-order valence-electron chi connectivity index (χ2n) is 5.21. The average molecular weight is 310 g/mol. The summed E-state index contributed by atoms with van der Waals surface area (Å²) in [5, 5.41) is 0. The highest BCUT2D eigenvalue weighted by Crippen LogP contribution is 2.24. The summed E-state index contributed by atoms with van der Waals surface area (Å²) in [6.45, 7) is 2.54. The first kappa shape index (κ1) is 16.8. The molecule has 0 aliphatic carbocycles. The van der Waals surface area contributed by atoms with Crippen LogP contribution in [0.3, 0.4) is 0 Å². The van der Waals surface area contributed by atoms with Crippen LogP contribution in [0.5, 0.6) is 5.75 Å². The monoisotopic (exact) mass is 310 g/mol. The zero-order valence-corrected chi connectivity index (χ0v) is 13.6. The number of benzene rings is 2. The van der Waals surface area contributed by atoms with Gasteiger partial charge in [-0.25, -0.2) is 4.79 Å². The van der Waals surface area contributed by atoms with Crippen LogP contribution < -0.4 is 4.74 Å². The highest BCUT2D eigenvalue weighted by atomic mass is 16.5. The number of esters is 1. The molecular formula is C20H22O3.